The molecule has 0 bridgehead atoms. The van der Waals surface area contributed by atoms with Crippen LogP contribution >= 0.6 is 0 Å². The highest BCUT2D eigenvalue weighted by Crippen LogP contribution is 2.36. The highest BCUT2D eigenvalue weighted by Gasteiger charge is 2.39. The van der Waals surface area contributed by atoms with Gasteiger partial charge < -0.3 is 25.3 Å². The summed E-state index contributed by atoms with van der Waals surface area (Å²) in [5, 5.41) is 10.2. The predicted molar refractivity (Wildman–Crippen MR) is 252 cm³/mol. The van der Waals surface area contributed by atoms with Crippen LogP contribution in [-0.2, 0) is 14.4 Å². The Hall–Kier alpha value is -5.62. The molecule has 3 amide bonds. The number of likely N-dealkylation sites (N-methyl/N-ethyl adjacent to an activating group) is 2. The molecule has 2 aliphatic rings. The van der Waals surface area contributed by atoms with Crippen molar-refractivity contribution < 1.29 is 23.6 Å². The molecule has 63 heavy (non-hydrogen) atoms. The maximum absolute atomic E-state index is 14.9. The number of hydrogen-bond donors (Lipinski definition) is 3. The van der Waals surface area contributed by atoms with E-state index in [0.29, 0.717) is 58.6 Å². The van der Waals surface area contributed by atoms with Crippen LogP contribution in [0.2, 0.25) is 0 Å². The molecule has 5 aromatic rings. The molecule has 7 rings (SSSR count). The Morgan fingerprint density at radius 2 is 1.38 bits per heavy atom. The summed E-state index contributed by atoms with van der Waals surface area (Å²) >= 11 is 0. The van der Waals surface area contributed by atoms with Crippen molar-refractivity contribution in [2.75, 3.05) is 50.9 Å². The quantitative estimate of drug-likeness (QED) is 0.0745. The summed E-state index contributed by atoms with van der Waals surface area (Å²) in [6.07, 6.45) is 4.87. The zero-order chi connectivity index (χ0) is 44.6. The lowest BCUT2D eigenvalue weighted by molar-refractivity contribution is -0.141. The van der Waals surface area contributed by atoms with Crippen molar-refractivity contribution in [1.29, 1.82) is 0 Å². The Labute approximate surface area is 372 Å². The summed E-state index contributed by atoms with van der Waals surface area (Å²) in [6, 6.07) is 30.5. The second-order valence-corrected chi connectivity index (χ2v) is 18.3. The maximum Gasteiger partial charge on any atom is 0.247 e. The summed E-state index contributed by atoms with van der Waals surface area (Å²) in [6.45, 7) is 11.5. The minimum absolute atomic E-state index is 0.0593. The molecule has 0 saturated carbocycles. The number of anilines is 2. The van der Waals surface area contributed by atoms with Gasteiger partial charge in [-0.2, -0.15) is 0 Å². The van der Waals surface area contributed by atoms with E-state index in [0.717, 1.165) is 68.3 Å². The van der Waals surface area contributed by atoms with Gasteiger partial charge in [0.15, 0.2) is 5.78 Å². The van der Waals surface area contributed by atoms with E-state index in [9.17, 15) is 19.2 Å². The smallest absolute Gasteiger partial charge is 0.247 e. The number of fused-ring (bicyclic) bond motifs is 1. The number of ketones is 1. The summed E-state index contributed by atoms with van der Waals surface area (Å²) in [7, 11) is 3.97. The third-order valence-corrected chi connectivity index (χ3v) is 12.5. The van der Waals surface area contributed by atoms with Crippen LogP contribution in [0.25, 0.3) is 22.3 Å². The molecule has 0 radical (unpaired) electrons. The highest BCUT2D eigenvalue weighted by molar-refractivity contribution is 6.09. The summed E-state index contributed by atoms with van der Waals surface area (Å²) < 4.78 is 6.39. The van der Waals surface area contributed by atoms with Crippen LogP contribution < -0.4 is 16.0 Å². The van der Waals surface area contributed by atoms with Gasteiger partial charge in [-0.25, -0.2) is 0 Å². The number of hydrogen-bond acceptors (Lipinski definition) is 8. The van der Waals surface area contributed by atoms with E-state index >= 15 is 0 Å². The molecule has 3 heterocycles. The minimum atomic E-state index is -0.596. The van der Waals surface area contributed by atoms with E-state index in [1.807, 2.05) is 111 Å². The number of carbonyl (C=O) groups is 4. The van der Waals surface area contributed by atoms with Crippen molar-refractivity contribution in [1.82, 2.24) is 20.0 Å². The van der Waals surface area contributed by atoms with E-state index in [1.165, 1.54) is 0 Å². The fraction of sp³-hybridized carbons (Fsp3) is 0.423. The van der Waals surface area contributed by atoms with Crippen LogP contribution in [0, 0.1) is 11.8 Å². The molecule has 2 aliphatic heterocycles. The molecule has 3 N–H and O–H groups in total. The van der Waals surface area contributed by atoms with Crippen molar-refractivity contribution in [3.8, 4) is 11.3 Å². The zero-order valence-corrected chi connectivity index (χ0v) is 37.7. The molecule has 0 unspecified atom stereocenters. The second kappa shape index (κ2) is 20.7. The molecule has 11 nitrogen and oxygen atoms in total. The van der Waals surface area contributed by atoms with Gasteiger partial charge in [0, 0.05) is 28.7 Å². The van der Waals surface area contributed by atoms with Gasteiger partial charge in [-0.3, -0.25) is 29.0 Å². The van der Waals surface area contributed by atoms with Crippen LogP contribution in [0.3, 0.4) is 0 Å². The summed E-state index contributed by atoms with van der Waals surface area (Å²) in [5.41, 5.74) is 4.54. The van der Waals surface area contributed by atoms with Gasteiger partial charge in [0.2, 0.25) is 17.7 Å². The molecule has 332 valence electrons. The average Bonchev–Trinajstić information content (AvgIpc) is 4.08. The monoisotopic (exact) mass is 852 g/mol. The lowest BCUT2D eigenvalue weighted by Crippen LogP contribution is -2.48. The number of nitrogens with zero attached hydrogens (tertiary/aromatic N) is 3. The molecule has 1 aromatic heterocycles. The number of furan rings is 1. The number of likely N-dealkylation sites (tertiary alicyclic amines) is 1. The Morgan fingerprint density at radius 3 is 2.02 bits per heavy atom. The molecule has 0 spiro atoms. The maximum atomic E-state index is 14.9. The number of carbonyl (C=O) groups excluding carboxylic acids is 4. The van der Waals surface area contributed by atoms with Gasteiger partial charge in [-0.15, -0.1) is 0 Å². The summed E-state index contributed by atoms with van der Waals surface area (Å²) in [4.78, 5) is 62.7. The predicted octanol–water partition coefficient (Wildman–Crippen LogP) is 9.34. The molecule has 2 saturated heterocycles. The SMILES string of the molecule is CC(C)CCN(C)[C@@H](C(=O)c1cc(-c2cc3cc(NC(=O)[C@@H]4CCCN4C(=O)[C@@H](c4ccccc4)N(C)CCC(C)C)ccc3o2)ccc1NC(=O)[C@@H]1CCCN1)c1ccccc1. The van der Waals surface area contributed by atoms with E-state index in [1.54, 1.807) is 11.0 Å². The average molecular weight is 853 g/mol. The van der Waals surface area contributed by atoms with E-state index in [2.05, 4.69) is 53.4 Å². The normalized spacial score (nSPS) is 17.5. The van der Waals surface area contributed by atoms with Gasteiger partial charge in [-0.1, -0.05) is 88.4 Å². The Kier molecular flexibility index (Phi) is 14.9. The number of benzene rings is 4. The van der Waals surface area contributed by atoms with Crippen molar-refractivity contribution in [3.05, 3.63) is 120 Å². The van der Waals surface area contributed by atoms with E-state index < -0.39 is 18.1 Å². The Balaban J connectivity index is 1.14. The number of amides is 3. The first kappa shape index (κ1) is 45.4. The minimum Gasteiger partial charge on any atom is -0.456 e. The molecule has 2 fully saturated rings. The first-order valence-corrected chi connectivity index (χ1v) is 22.8. The summed E-state index contributed by atoms with van der Waals surface area (Å²) in [5.74, 6) is 0.940. The van der Waals surface area contributed by atoms with Crippen LogP contribution in [0.4, 0.5) is 11.4 Å². The van der Waals surface area contributed by atoms with Gasteiger partial charge in [-0.05, 0) is 138 Å². The third-order valence-electron chi connectivity index (χ3n) is 12.5. The van der Waals surface area contributed by atoms with Gasteiger partial charge in [0.1, 0.15) is 23.4 Å². The standard InChI is InChI=1S/C52H64N6O5/c1-34(2)25-29-56(5)47(36-15-9-7-10-16-36)49(59)41-32-38(21-23-42(41)55-50(60)43-19-13-27-53-43)46-33-39-31-40(22-24-45(39)63-46)54-51(61)44-20-14-28-58(44)52(62)48(37-17-11-8-12-18-37)57(6)30-26-35(3)4/h7-12,15-18,21-24,31-35,43-44,47-48,53H,13-14,19-20,25-30H2,1-6H3,(H,54,61)(H,55,60)/t43-,44-,47+,48+/m0/s1. The lowest BCUT2D eigenvalue weighted by atomic mass is 9.93. The van der Waals surface area contributed by atoms with Gasteiger partial charge >= 0.3 is 0 Å². The molecular weight excluding hydrogens is 789 g/mol. The van der Waals surface area contributed by atoms with Crippen molar-refractivity contribution in [3.63, 3.8) is 0 Å². The molecular formula is C52H64N6O5. The van der Waals surface area contributed by atoms with Gasteiger partial charge in [0.25, 0.3) is 0 Å². The molecule has 4 atom stereocenters. The van der Waals surface area contributed by atoms with Gasteiger partial charge in [0.05, 0.1) is 17.8 Å². The molecule has 0 aliphatic carbocycles. The largest absolute Gasteiger partial charge is 0.456 e. The van der Waals surface area contributed by atoms with Crippen LogP contribution in [0.1, 0.15) is 99.8 Å². The second-order valence-electron chi connectivity index (χ2n) is 18.3. The number of rotatable bonds is 18. The zero-order valence-electron chi connectivity index (χ0n) is 37.7. The van der Waals surface area contributed by atoms with Crippen molar-refractivity contribution in [2.45, 2.75) is 90.4 Å². The van der Waals surface area contributed by atoms with E-state index in [4.69, 9.17) is 4.42 Å². The van der Waals surface area contributed by atoms with Crippen LogP contribution in [0.5, 0.6) is 0 Å². The fourth-order valence-electron chi connectivity index (χ4n) is 8.88. The number of nitrogens with one attached hydrogen (secondary N) is 3. The van der Waals surface area contributed by atoms with Crippen molar-refractivity contribution in [2.24, 2.45) is 11.8 Å². The fourth-order valence-corrected chi connectivity index (χ4v) is 8.88. The number of Topliss-reactive ketones (excluding diaryl/α,β-unsaturated/α-hetero) is 1. The van der Waals surface area contributed by atoms with Crippen molar-refractivity contribution >= 4 is 45.8 Å². The van der Waals surface area contributed by atoms with E-state index in [-0.39, 0.29) is 29.5 Å². The molecule has 4 aromatic carbocycles. The lowest BCUT2D eigenvalue weighted by Gasteiger charge is -2.33. The molecule has 11 heteroatoms. The Bertz CT molecular complexity index is 2350. The first-order chi connectivity index (χ1) is 30.4. The van der Waals surface area contributed by atoms with Crippen LogP contribution in [-0.4, -0.2) is 90.6 Å². The Morgan fingerprint density at radius 1 is 0.730 bits per heavy atom. The third kappa shape index (κ3) is 11.0. The first-order valence-electron chi connectivity index (χ1n) is 22.8. The topological polar surface area (TPSA) is 127 Å². The van der Waals surface area contributed by atoms with Crippen LogP contribution in [0.15, 0.2) is 108 Å². The highest BCUT2D eigenvalue weighted by atomic mass is 16.3.